The lowest BCUT2D eigenvalue weighted by Crippen LogP contribution is -2.17. The Kier molecular flexibility index (Phi) is 4.14. The van der Waals surface area contributed by atoms with Gasteiger partial charge in [-0.25, -0.2) is 18.7 Å². The first kappa shape index (κ1) is 15.6. The average Bonchev–Trinajstić information content (AvgIpc) is 2.38. The van der Waals surface area contributed by atoms with Crippen LogP contribution in [0, 0.1) is 18.6 Å². The first-order chi connectivity index (χ1) is 9.68. The lowest BCUT2D eigenvalue weighted by Gasteiger charge is -2.19. The molecule has 0 aliphatic rings. The maximum atomic E-state index is 13.3. The van der Waals surface area contributed by atoms with E-state index in [9.17, 15) is 8.78 Å². The number of anilines is 2. The maximum Gasteiger partial charge on any atom is 0.160 e. The summed E-state index contributed by atoms with van der Waals surface area (Å²) in [6, 6.07) is 3.56. The zero-order valence-electron chi connectivity index (χ0n) is 12.3. The van der Waals surface area contributed by atoms with E-state index in [2.05, 4.69) is 15.3 Å². The molecule has 0 bridgehead atoms. The summed E-state index contributed by atoms with van der Waals surface area (Å²) in [6.45, 7) is 7.66. The van der Waals surface area contributed by atoms with Crippen molar-refractivity contribution in [2.24, 2.45) is 0 Å². The molecule has 0 atom stereocenters. The minimum Gasteiger partial charge on any atom is -0.340 e. The number of halogens is 3. The molecule has 1 aromatic carbocycles. The summed E-state index contributed by atoms with van der Waals surface area (Å²) in [4.78, 5) is 8.69. The van der Waals surface area contributed by atoms with Gasteiger partial charge in [0.25, 0.3) is 0 Å². The molecule has 0 spiro atoms. The van der Waals surface area contributed by atoms with E-state index in [-0.39, 0.29) is 5.41 Å². The molecule has 3 nitrogen and oxygen atoms in total. The highest BCUT2D eigenvalue weighted by Gasteiger charge is 2.20. The van der Waals surface area contributed by atoms with E-state index in [1.54, 1.807) is 6.92 Å². The Balaban J connectivity index is 2.43. The van der Waals surface area contributed by atoms with Gasteiger partial charge in [0.1, 0.15) is 16.8 Å². The highest BCUT2D eigenvalue weighted by molar-refractivity contribution is 6.30. The number of hydrogen-bond donors (Lipinski definition) is 1. The van der Waals surface area contributed by atoms with E-state index in [1.165, 1.54) is 6.07 Å². The number of rotatable bonds is 2. The summed E-state index contributed by atoms with van der Waals surface area (Å²) in [6.07, 6.45) is 0. The quantitative estimate of drug-likeness (QED) is 0.813. The monoisotopic (exact) mass is 311 g/mol. The zero-order chi connectivity index (χ0) is 15.8. The first-order valence-electron chi connectivity index (χ1n) is 6.45. The van der Waals surface area contributed by atoms with Gasteiger partial charge in [0, 0.05) is 22.7 Å². The van der Waals surface area contributed by atoms with Crippen molar-refractivity contribution in [2.75, 3.05) is 5.32 Å². The van der Waals surface area contributed by atoms with Gasteiger partial charge in [-0.05, 0) is 19.1 Å². The fraction of sp³-hybridized carbons (Fsp3) is 0.333. The standard InChI is InChI=1S/C15H16ClF2N3/c1-8-12(16)20-14(15(2,3)4)21-13(8)19-9-5-6-10(17)11(18)7-9/h5-7H,1-4H3,(H,19,20,21). The van der Waals surface area contributed by atoms with Gasteiger partial charge < -0.3 is 5.32 Å². The topological polar surface area (TPSA) is 37.8 Å². The van der Waals surface area contributed by atoms with E-state index >= 15 is 0 Å². The van der Waals surface area contributed by atoms with Gasteiger partial charge in [-0.1, -0.05) is 32.4 Å². The Hall–Kier alpha value is -1.75. The molecule has 0 aliphatic heterocycles. The Labute approximate surface area is 127 Å². The molecule has 1 aromatic heterocycles. The van der Waals surface area contributed by atoms with Crippen LogP contribution in [0.4, 0.5) is 20.3 Å². The molecule has 0 saturated heterocycles. The molecule has 0 fully saturated rings. The summed E-state index contributed by atoms with van der Waals surface area (Å²) >= 11 is 6.12. The summed E-state index contributed by atoms with van der Waals surface area (Å²) < 4.78 is 26.2. The molecule has 0 radical (unpaired) electrons. The number of nitrogens with zero attached hydrogens (tertiary/aromatic N) is 2. The van der Waals surface area contributed by atoms with Crippen molar-refractivity contribution in [2.45, 2.75) is 33.1 Å². The zero-order valence-corrected chi connectivity index (χ0v) is 13.0. The second-order valence-electron chi connectivity index (χ2n) is 5.82. The van der Waals surface area contributed by atoms with Crippen LogP contribution in [0.1, 0.15) is 32.2 Å². The van der Waals surface area contributed by atoms with Crippen LogP contribution >= 0.6 is 11.6 Å². The predicted molar refractivity (Wildman–Crippen MR) is 80.1 cm³/mol. The smallest absolute Gasteiger partial charge is 0.160 e. The van der Waals surface area contributed by atoms with Crippen LogP contribution in [-0.2, 0) is 5.41 Å². The molecule has 112 valence electrons. The number of aromatic nitrogens is 2. The highest BCUT2D eigenvalue weighted by Crippen LogP contribution is 2.28. The lowest BCUT2D eigenvalue weighted by atomic mass is 9.95. The van der Waals surface area contributed by atoms with Crippen molar-refractivity contribution >= 4 is 23.1 Å². The van der Waals surface area contributed by atoms with Crippen molar-refractivity contribution < 1.29 is 8.78 Å². The molecular formula is C15H16ClF2N3. The third kappa shape index (κ3) is 3.47. The number of hydrogen-bond acceptors (Lipinski definition) is 3. The summed E-state index contributed by atoms with van der Waals surface area (Å²) in [5.41, 5.74) is 0.767. The van der Waals surface area contributed by atoms with Crippen LogP contribution in [0.5, 0.6) is 0 Å². The second-order valence-corrected chi connectivity index (χ2v) is 6.17. The van der Waals surface area contributed by atoms with Gasteiger partial charge >= 0.3 is 0 Å². The van der Waals surface area contributed by atoms with E-state index in [0.29, 0.717) is 28.0 Å². The minimum atomic E-state index is -0.922. The summed E-state index contributed by atoms with van der Waals surface area (Å²) in [7, 11) is 0. The number of benzene rings is 1. The molecule has 0 unspecified atom stereocenters. The van der Waals surface area contributed by atoms with Crippen LogP contribution in [-0.4, -0.2) is 9.97 Å². The molecule has 0 aliphatic carbocycles. The molecule has 2 aromatic rings. The van der Waals surface area contributed by atoms with Crippen LogP contribution in [0.15, 0.2) is 18.2 Å². The molecule has 1 heterocycles. The van der Waals surface area contributed by atoms with Gasteiger partial charge in [0.2, 0.25) is 0 Å². The Morgan fingerprint density at radius 3 is 2.33 bits per heavy atom. The normalized spacial score (nSPS) is 11.6. The fourth-order valence-corrected chi connectivity index (χ4v) is 1.83. The van der Waals surface area contributed by atoms with Gasteiger partial charge in [0.05, 0.1) is 0 Å². The van der Waals surface area contributed by atoms with E-state index in [0.717, 1.165) is 12.1 Å². The SMILES string of the molecule is Cc1c(Cl)nc(C(C)(C)C)nc1Nc1ccc(F)c(F)c1. The molecule has 6 heteroatoms. The van der Waals surface area contributed by atoms with Gasteiger partial charge in [-0.3, -0.25) is 0 Å². The van der Waals surface area contributed by atoms with Crippen molar-refractivity contribution in [1.82, 2.24) is 9.97 Å². The molecule has 0 amide bonds. The summed E-state index contributed by atoms with van der Waals surface area (Å²) in [5, 5.41) is 3.28. The summed E-state index contributed by atoms with van der Waals surface area (Å²) in [5.74, 6) is -0.767. The van der Waals surface area contributed by atoms with Crippen molar-refractivity contribution in [3.8, 4) is 0 Å². The predicted octanol–water partition coefficient (Wildman–Crippen LogP) is 4.76. The Morgan fingerprint density at radius 2 is 1.76 bits per heavy atom. The van der Waals surface area contributed by atoms with Gasteiger partial charge in [-0.15, -0.1) is 0 Å². The van der Waals surface area contributed by atoms with Crippen LogP contribution < -0.4 is 5.32 Å². The third-order valence-corrected chi connectivity index (χ3v) is 3.31. The second kappa shape index (κ2) is 5.56. The molecule has 0 saturated carbocycles. The maximum absolute atomic E-state index is 13.3. The first-order valence-corrected chi connectivity index (χ1v) is 6.83. The van der Waals surface area contributed by atoms with E-state index in [4.69, 9.17) is 11.6 Å². The van der Waals surface area contributed by atoms with Crippen molar-refractivity contribution in [3.63, 3.8) is 0 Å². The lowest BCUT2D eigenvalue weighted by molar-refractivity contribution is 0.509. The van der Waals surface area contributed by atoms with Crippen molar-refractivity contribution in [3.05, 3.63) is 46.4 Å². The minimum absolute atomic E-state index is 0.276. The number of nitrogens with one attached hydrogen (secondary N) is 1. The molecule has 1 N–H and O–H groups in total. The molecule has 21 heavy (non-hydrogen) atoms. The molecular weight excluding hydrogens is 296 g/mol. The van der Waals surface area contributed by atoms with Gasteiger partial charge in [0.15, 0.2) is 11.6 Å². The van der Waals surface area contributed by atoms with Crippen LogP contribution in [0.2, 0.25) is 5.15 Å². The fourth-order valence-electron chi connectivity index (χ4n) is 1.66. The Bertz CT molecular complexity index is 681. The third-order valence-electron chi connectivity index (χ3n) is 2.94. The Morgan fingerprint density at radius 1 is 1.10 bits per heavy atom. The van der Waals surface area contributed by atoms with E-state index in [1.807, 2.05) is 20.8 Å². The van der Waals surface area contributed by atoms with Crippen molar-refractivity contribution in [1.29, 1.82) is 0 Å². The molecule has 2 rings (SSSR count). The average molecular weight is 312 g/mol. The van der Waals surface area contributed by atoms with Crippen LogP contribution in [0.25, 0.3) is 0 Å². The highest BCUT2D eigenvalue weighted by atomic mass is 35.5. The van der Waals surface area contributed by atoms with E-state index < -0.39 is 11.6 Å². The van der Waals surface area contributed by atoms with Gasteiger partial charge in [-0.2, -0.15) is 0 Å². The van der Waals surface area contributed by atoms with Crippen LogP contribution in [0.3, 0.4) is 0 Å². The largest absolute Gasteiger partial charge is 0.340 e.